The van der Waals surface area contributed by atoms with Crippen molar-refractivity contribution in [2.24, 2.45) is 0 Å². The standard InChI is InChI=1S/C17H31NO8/c1-17(2,3)26-16(22)18-8-9-23-10-11-24-12-13-25-15(21)7-5-4-6-14(19)20/h4-13H2,1-3H3,(H,18,22)(H,19,20). The normalized spacial score (nSPS) is 11.0. The van der Waals surface area contributed by atoms with Gasteiger partial charge in [0.15, 0.2) is 0 Å². The number of alkyl carbamates (subject to hydrolysis) is 1. The SMILES string of the molecule is CC(C)(C)OC(=O)NCCOCCOCCOC(=O)CCCCC(=O)O. The van der Waals surface area contributed by atoms with E-state index in [4.69, 9.17) is 24.1 Å². The number of unbranched alkanes of at least 4 members (excludes halogenated alkanes) is 1. The molecule has 0 rings (SSSR count). The number of ether oxygens (including phenoxy) is 4. The Bertz CT molecular complexity index is 419. The summed E-state index contributed by atoms with van der Waals surface area (Å²) in [6, 6.07) is 0. The van der Waals surface area contributed by atoms with Crippen molar-refractivity contribution >= 4 is 18.0 Å². The zero-order valence-corrected chi connectivity index (χ0v) is 15.9. The van der Waals surface area contributed by atoms with Gasteiger partial charge in [-0.2, -0.15) is 0 Å². The van der Waals surface area contributed by atoms with Crippen molar-refractivity contribution in [2.75, 3.05) is 39.6 Å². The minimum Gasteiger partial charge on any atom is -0.481 e. The Balaban J connectivity index is 3.32. The molecular formula is C17H31NO8. The largest absolute Gasteiger partial charge is 0.481 e. The maximum Gasteiger partial charge on any atom is 0.407 e. The fourth-order valence-corrected chi connectivity index (χ4v) is 1.69. The summed E-state index contributed by atoms with van der Waals surface area (Å²) in [6.07, 6.45) is 0.741. The molecule has 0 unspecified atom stereocenters. The van der Waals surface area contributed by atoms with Gasteiger partial charge in [-0.05, 0) is 33.6 Å². The van der Waals surface area contributed by atoms with E-state index in [-0.39, 0.29) is 32.0 Å². The van der Waals surface area contributed by atoms with Gasteiger partial charge in [-0.1, -0.05) is 0 Å². The number of rotatable bonds is 14. The Morgan fingerprint density at radius 2 is 1.46 bits per heavy atom. The van der Waals surface area contributed by atoms with Crippen molar-refractivity contribution in [1.82, 2.24) is 5.32 Å². The molecule has 0 aliphatic carbocycles. The molecule has 0 bridgehead atoms. The molecule has 9 heteroatoms. The highest BCUT2D eigenvalue weighted by Gasteiger charge is 2.15. The third-order valence-corrected chi connectivity index (χ3v) is 2.80. The molecule has 0 aromatic heterocycles. The number of amides is 1. The van der Waals surface area contributed by atoms with Gasteiger partial charge in [0.05, 0.1) is 26.4 Å². The first-order valence-corrected chi connectivity index (χ1v) is 8.70. The third-order valence-electron chi connectivity index (χ3n) is 2.80. The van der Waals surface area contributed by atoms with Crippen LogP contribution in [0.5, 0.6) is 0 Å². The summed E-state index contributed by atoms with van der Waals surface area (Å²) in [7, 11) is 0. The highest BCUT2D eigenvalue weighted by Crippen LogP contribution is 2.06. The molecule has 0 aromatic rings. The molecule has 26 heavy (non-hydrogen) atoms. The molecule has 0 heterocycles. The Hall–Kier alpha value is -1.87. The van der Waals surface area contributed by atoms with Crippen LogP contribution in [0.2, 0.25) is 0 Å². The van der Waals surface area contributed by atoms with Gasteiger partial charge in [0.2, 0.25) is 0 Å². The van der Waals surface area contributed by atoms with Crippen molar-refractivity contribution in [3.8, 4) is 0 Å². The van der Waals surface area contributed by atoms with Crippen LogP contribution in [0.4, 0.5) is 4.79 Å². The molecule has 0 atom stereocenters. The predicted octanol–water partition coefficient (Wildman–Crippen LogP) is 1.73. The Morgan fingerprint density at radius 3 is 2.08 bits per heavy atom. The van der Waals surface area contributed by atoms with Gasteiger partial charge < -0.3 is 29.4 Å². The van der Waals surface area contributed by atoms with E-state index in [1.165, 1.54) is 0 Å². The van der Waals surface area contributed by atoms with Crippen molar-refractivity contribution in [1.29, 1.82) is 0 Å². The number of nitrogens with one attached hydrogen (secondary N) is 1. The van der Waals surface area contributed by atoms with E-state index in [1.54, 1.807) is 20.8 Å². The van der Waals surface area contributed by atoms with Crippen molar-refractivity contribution in [3.05, 3.63) is 0 Å². The van der Waals surface area contributed by atoms with Crippen LogP contribution < -0.4 is 5.32 Å². The average Bonchev–Trinajstić information content (AvgIpc) is 2.51. The number of esters is 1. The predicted molar refractivity (Wildman–Crippen MR) is 92.9 cm³/mol. The van der Waals surface area contributed by atoms with Crippen molar-refractivity contribution < 1.29 is 38.4 Å². The second-order valence-electron chi connectivity index (χ2n) is 6.47. The summed E-state index contributed by atoms with van der Waals surface area (Å²) in [5, 5.41) is 11.0. The van der Waals surface area contributed by atoms with Crippen LogP contribution in [0.25, 0.3) is 0 Å². The Labute approximate surface area is 154 Å². The van der Waals surface area contributed by atoms with E-state index in [0.29, 0.717) is 39.2 Å². The molecule has 0 aromatic carbocycles. The Morgan fingerprint density at radius 1 is 0.885 bits per heavy atom. The minimum absolute atomic E-state index is 0.0592. The van der Waals surface area contributed by atoms with E-state index >= 15 is 0 Å². The van der Waals surface area contributed by atoms with E-state index in [2.05, 4.69) is 5.32 Å². The topological polar surface area (TPSA) is 120 Å². The lowest BCUT2D eigenvalue weighted by atomic mass is 10.2. The first kappa shape index (κ1) is 24.1. The number of aliphatic carboxylic acids is 1. The number of hydrogen-bond donors (Lipinski definition) is 2. The average molecular weight is 377 g/mol. The highest BCUT2D eigenvalue weighted by atomic mass is 16.6. The third kappa shape index (κ3) is 18.5. The lowest BCUT2D eigenvalue weighted by Crippen LogP contribution is -2.34. The number of carboxylic acids is 1. The molecule has 0 radical (unpaired) electrons. The lowest BCUT2D eigenvalue weighted by Gasteiger charge is -2.19. The van der Waals surface area contributed by atoms with Crippen LogP contribution in [0.3, 0.4) is 0 Å². The number of hydrogen-bond acceptors (Lipinski definition) is 7. The summed E-state index contributed by atoms with van der Waals surface area (Å²) in [6.45, 7) is 7.17. The van der Waals surface area contributed by atoms with Crippen LogP contribution in [0.15, 0.2) is 0 Å². The highest BCUT2D eigenvalue weighted by molar-refractivity contribution is 5.69. The molecule has 152 valence electrons. The van der Waals surface area contributed by atoms with Crippen LogP contribution >= 0.6 is 0 Å². The number of carbonyl (C=O) groups is 3. The second-order valence-corrected chi connectivity index (χ2v) is 6.47. The fraction of sp³-hybridized carbons (Fsp3) is 0.824. The molecule has 1 amide bonds. The van der Waals surface area contributed by atoms with Gasteiger partial charge in [-0.3, -0.25) is 9.59 Å². The second kappa shape index (κ2) is 14.3. The van der Waals surface area contributed by atoms with Crippen LogP contribution in [-0.2, 0) is 28.5 Å². The quantitative estimate of drug-likeness (QED) is 0.347. The summed E-state index contributed by atoms with van der Waals surface area (Å²) in [5.41, 5.74) is -0.527. The molecule has 0 fully saturated rings. The van der Waals surface area contributed by atoms with E-state index in [1.807, 2.05) is 0 Å². The monoisotopic (exact) mass is 377 g/mol. The smallest absolute Gasteiger partial charge is 0.407 e. The molecule has 9 nitrogen and oxygen atoms in total. The number of carboxylic acid groups (broad SMARTS) is 1. The molecule has 2 N–H and O–H groups in total. The van der Waals surface area contributed by atoms with Gasteiger partial charge in [0.1, 0.15) is 12.2 Å². The van der Waals surface area contributed by atoms with Gasteiger partial charge in [-0.15, -0.1) is 0 Å². The summed E-state index contributed by atoms with van der Waals surface area (Å²) in [4.78, 5) is 33.0. The van der Waals surface area contributed by atoms with Gasteiger partial charge in [0.25, 0.3) is 0 Å². The van der Waals surface area contributed by atoms with Crippen molar-refractivity contribution in [3.63, 3.8) is 0 Å². The Kier molecular flexibility index (Phi) is 13.3. The maximum atomic E-state index is 11.4. The molecule has 0 aliphatic heterocycles. The first-order valence-electron chi connectivity index (χ1n) is 8.70. The van der Waals surface area contributed by atoms with E-state index in [9.17, 15) is 14.4 Å². The zero-order valence-electron chi connectivity index (χ0n) is 15.9. The van der Waals surface area contributed by atoms with E-state index < -0.39 is 17.7 Å². The molecular weight excluding hydrogens is 346 g/mol. The maximum absolute atomic E-state index is 11.4. The van der Waals surface area contributed by atoms with Crippen LogP contribution in [-0.4, -0.2) is 68.3 Å². The molecule has 0 saturated heterocycles. The van der Waals surface area contributed by atoms with E-state index in [0.717, 1.165) is 0 Å². The molecule has 0 spiro atoms. The van der Waals surface area contributed by atoms with Gasteiger partial charge >= 0.3 is 18.0 Å². The zero-order chi connectivity index (χ0) is 19.8. The number of carbonyl (C=O) groups excluding carboxylic acids is 2. The summed E-state index contributed by atoms with van der Waals surface area (Å²) >= 11 is 0. The minimum atomic E-state index is -0.866. The van der Waals surface area contributed by atoms with Crippen molar-refractivity contribution in [2.45, 2.75) is 52.1 Å². The molecule has 0 aliphatic rings. The lowest BCUT2D eigenvalue weighted by molar-refractivity contribution is -0.146. The van der Waals surface area contributed by atoms with Crippen LogP contribution in [0.1, 0.15) is 46.5 Å². The summed E-state index contributed by atoms with van der Waals surface area (Å²) in [5.74, 6) is -1.22. The first-order chi connectivity index (χ1) is 12.2. The molecule has 0 saturated carbocycles. The van der Waals surface area contributed by atoms with Gasteiger partial charge in [0, 0.05) is 19.4 Å². The fourth-order valence-electron chi connectivity index (χ4n) is 1.69. The van der Waals surface area contributed by atoms with Gasteiger partial charge in [-0.25, -0.2) is 4.79 Å². The van der Waals surface area contributed by atoms with Crippen LogP contribution in [0, 0.1) is 0 Å². The summed E-state index contributed by atoms with van der Waals surface area (Å²) < 4.78 is 20.5.